The highest BCUT2D eigenvalue weighted by molar-refractivity contribution is 5.41. The van der Waals surface area contributed by atoms with E-state index in [9.17, 15) is 13.2 Å². The lowest BCUT2D eigenvalue weighted by molar-refractivity contribution is -0.137. The van der Waals surface area contributed by atoms with E-state index < -0.39 is 11.7 Å². The van der Waals surface area contributed by atoms with Crippen LogP contribution in [0.3, 0.4) is 0 Å². The molecule has 0 aromatic carbocycles. The second kappa shape index (κ2) is 6.47. The number of pyridine rings is 1. The first-order valence-corrected chi connectivity index (χ1v) is 8.80. The smallest absolute Gasteiger partial charge is 0.340 e. The van der Waals surface area contributed by atoms with E-state index in [0.717, 1.165) is 43.0 Å². The van der Waals surface area contributed by atoms with Crippen molar-refractivity contribution in [2.24, 2.45) is 0 Å². The molecule has 1 saturated heterocycles. The van der Waals surface area contributed by atoms with Gasteiger partial charge in [0.1, 0.15) is 5.82 Å². The van der Waals surface area contributed by atoms with E-state index in [2.05, 4.69) is 25.1 Å². The number of anilines is 1. The van der Waals surface area contributed by atoms with Gasteiger partial charge in [0.25, 0.3) is 0 Å². The summed E-state index contributed by atoms with van der Waals surface area (Å²) in [6.07, 6.45) is -1.61. The molecule has 1 unspecified atom stereocenters. The predicted molar refractivity (Wildman–Crippen MR) is 93.7 cm³/mol. The van der Waals surface area contributed by atoms with E-state index in [4.69, 9.17) is 0 Å². The van der Waals surface area contributed by atoms with Crippen LogP contribution in [0.4, 0.5) is 19.1 Å². The highest BCUT2D eigenvalue weighted by atomic mass is 19.4. The van der Waals surface area contributed by atoms with Gasteiger partial charge in [0.15, 0.2) is 5.65 Å². The molecule has 1 aliphatic heterocycles. The minimum atomic E-state index is -4.40. The molecule has 6 nitrogen and oxygen atoms in total. The number of rotatable bonds is 2. The first kappa shape index (κ1) is 17.7. The van der Waals surface area contributed by atoms with Gasteiger partial charge in [-0.15, -0.1) is 10.2 Å². The summed E-state index contributed by atoms with van der Waals surface area (Å²) in [6, 6.07) is 4.30. The van der Waals surface area contributed by atoms with Gasteiger partial charge >= 0.3 is 6.18 Å². The van der Waals surface area contributed by atoms with Crippen LogP contribution in [0.15, 0.2) is 24.4 Å². The third-order valence-electron chi connectivity index (χ3n) is 4.80. The van der Waals surface area contributed by atoms with Crippen molar-refractivity contribution in [3.8, 4) is 0 Å². The molecule has 1 atom stereocenters. The van der Waals surface area contributed by atoms with Crippen molar-refractivity contribution in [1.29, 1.82) is 0 Å². The Morgan fingerprint density at radius 3 is 2.52 bits per heavy atom. The Hall–Kier alpha value is -2.71. The fourth-order valence-corrected chi connectivity index (χ4v) is 3.57. The van der Waals surface area contributed by atoms with E-state index >= 15 is 0 Å². The van der Waals surface area contributed by atoms with Crippen LogP contribution < -0.4 is 4.90 Å². The Morgan fingerprint density at radius 2 is 1.81 bits per heavy atom. The van der Waals surface area contributed by atoms with Crippen LogP contribution in [0, 0.1) is 13.8 Å². The third kappa shape index (κ3) is 3.45. The molecule has 3 aromatic rings. The summed E-state index contributed by atoms with van der Waals surface area (Å²) in [5.41, 5.74) is 1.49. The zero-order valence-electron chi connectivity index (χ0n) is 15.0. The molecular formula is C18H19F3N6. The largest absolute Gasteiger partial charge is 0.417 e. The minimum Gasteiger partial charge on any atom is -0.340 e. The molecular weight excluding hydrogens is 357 g/mol. The van der Waals surface area contributed by atoms with Crippen LogP contribution >= 0.6 is 0 Å². The van der Waals surface area contributed by atoms with Crippen molar-refractivity contribution >= 4 is 11.6 Å². The SMILES string of the molecule is Cc1cc(C)nc(N2CCCC(c3nnc4ccc(C(F)(F)F)cn34)C2)n1. The average Bonchev–Trinajstić information content (AvgIpc) is 3.03. The van der Waals surface area contributed by atoms with Crippen molar-refractivity contribution in [2.45, 2.75) is 38.8 Å². The molecule has 1 aliphatic rings. The summed E-state index contributed by atoms with van der Waals surface area (Å²) >= 11 is 0. The lowest BCUT2D eigenvalue weighted by atomic mass is 9.97. The fourth-order valence-electron chi connectivity index (χ4n) is 3.57. The Bertz CT molecular complexity index is 961. The second-order valence-corrected chi connectivity index (χ2v) is 6.94. The standard InChI is InChI=1S/C18H19F3N6/c1-11-8-12(2)23-17(22-11)26-7-3-4-13(9-26)16-25-24-15-6-5-14(10-27(15)16)18(19,20)21/h5-6,8,10,13H,3-4,7,9H2,1-2H3. The van der Waals surface area contributed by atoms with E-state index in [1.165, 1.54) is 10.5 Å². The number of hydrogen-bond acceptors (Lipinski definition) is 5. The summed E-state index contributed by atoms with van der Waals surface area (Å²) in [5, 5.41) is 8.22. The van der Waals surface area contributed by atoms with Gasteiger partial charge < -0.3 is 4.90 Å². The van der Waals surface area contributed by atoms with Crippen molar-refractivity contribution in [2.75, 3.05) is 18.0 Å². The van der Waals surface area contributed by atoms with Gasteiger partial charge in [0.2, 0.25) is 5.95 Å². The predicted octanol–water partition coefficient (Wildman–Crippen LogP) is 3.54. The highest BCUT2D eigenvalue weighted by Crippen LogP contribution is 2.32. The molecule has 0 spiro atoms. The maximum Gasteiger partial charge on any atom is 0.417 e. The topological polar surface area (TPSA) is 59.2 Å². The number of piperidine rings is 1. The molecule has 0 bridgehead atoms. The number of alkyl halides is 3. The highest BCUT2D eigenvalue weighted by Gasteiger charge is 2.32. The molecule has 9 heteroatoms. The zero-order valence-corrected chi connectivity index (χ0v) is 15.0. The van der Waals surface area contributed by atoms with Crippen LogP contribution in [-0.4, -0.2) is 37.7 Å². The van der Waals surface area contributed by atoms with Crippen LogP contribution in [0.25, 0.3) is 5.65 Å². The molecule has 3 aromatic heterocycles. The molecule has 1 fully saturated rings. The van der Waals surface area contributed by atoms with Crippen LogP contribution in [0.1, 0.15) is 41.5 Å². The van der Waals surface area contributed by atoms with Crippen LogP contribution in [-0.2, 0) is 6.18 Å². The number of aryl methyl sites for hydroxylation is 2. The Morgan fingerprint density at radius 1 is 1.07 bits per heavy atom. The van der Waals surface area contributed by atoms with E-state index in [0.29, 0.717) is 24.0 Å². The lowest BCUT2D eigenvalue weighted by Gasteiger charge is -2.32. The summed E-state index contributed by atoms with van der Waals surface area (Å²) in [5.74, 6) is 1.16. The number of fused-ring (bicyclic) bond motifs is 1. The van der Waals surface area contributed by atoms with Crippen molar-refractivity contribution < 1.29 is 13.2 Å². The maximum atomic E-state index is 13.1. The average molecular weight is 376 g/mol. The Balaban J connectivity index is 1.67. The second-order valence-electron chi connectivity index (χ2n) is 6.94. The minimum absolute atomic E-state index is 0.0401. The van der Waals surface area contributed by atoms with Gasteiger partial charge in [-0.1, -0.05) is 0 Å². The van der Waals surface area contributed by atoms with Crippen molar-refractivity contribution in [3.05, 3.63) is 47.2 Å². The van der Waals surface area contributed by atoms with Gasteiger partial charge in [-0.25, -0.2) is 9.97 Å². The number of hydrogen-bond donors (Lipinski definition) is 0. The summed E-state index contributed by atoms with van der Waals surface area (Å²) < 4.78 is 40.7. The zero-order chi connectivity index (χ0) is 19.2. The van der Waals surface area contributed by atoms with Crippen LogP contribution in [0.5, 0.6) is 0 Å². The molecule has 142 valence electrons. The van der Waals surface area contributed by atoms with E-state index in [-0.39, 0.29) is 5.92 Å². The van der Waals surface area contributed by atoms with E-state index in [1.807, 2.05) is 19.9 Å². The van der Waals surface area contributed by atoms with Crippen molar-refractivity contribution in [3.63, 3.8) is 0 Å². The number of halogens is 3. The Labute approximate surface area is 154 Å². The number of aromatic nitrogens is 5. The van der Waals surface area contributed by atoms with Gasteiger partial charge in [-0.05, 0) is 44.9 Å². The summed E-state index contributed by atoms with van der Waals surface area (Å²) in [6.45, 7) is 5.25. The quantitative estimate of drug-likeness (QED) is 0.685. The molecule has 0 amide bonds. The summed E-state index contributed by atoms with van der Waals surface area (Å²) in [4.78, 5) is 11.1. The molecule has 27 heavy (non-hydrogen) atoms. The van der Waals surface area contributed by atoms with Gasteiger partial charge in [0.05, 0.1) is 5.56 Å². The molecule has 4 rings (SSSR count). The normalized spacial score (nSPS) is 18.3. The molecule has 0 N–H and O–H groups in total. The maximum absolute atomic E-state index is 13.1. The number of nitrogens with zero attached hydrogens (tertiary/aromatic N) is 6. The monoisotopic (exact) mass is 376 g/mol. The first-order chi connectivity index (χ1) is 12.8. The third-order valence-corrected chi connectivity index (χ3v) is 4.80. The molecule has 0 saturated carbocycles. The molecule has 0 aliphatic carbocycles. The molecule has 0 radical (unpaired) electrons. The van der Waals surface area contributed by atoms with Gasteiger partial charge in [-0.2, -0.15) is 13.2 Å². The Kier molecular flexibility index (Phi) is 4.24. The molecule has 4 heterocycles. The van der Waals surface area contributed by atoms with Gasteiger partial charge in [0, 0.05) is 36.6 Å². The van der Waals surface area contributed by atoms with Gasteiger partial charge in [-0.3, -0.25) is 4.40 Å². The van der Waals surface area contributed by atoms with Crippen LogP contribution in [0.2, 0.25) is 0 Å². The fraction of sp³-hybridized carbons (Fsp3) is 0.444. The first-order valence-electron chi connectivity index (χ1n) is 8.80. The van der Waals surface area contributed by atoms with E-state index in [1.54, 1.807) is 0 Å². The van der Waals surface area contributed by atoms with Crippen molar-refractivity contribution in [1.82, 2.24) is 24.6 Å². The lowest BCUT2D eigenvalue weighted by Crippen LogP contribution is -2.36. The summed E-state index contributed by atoms with van der Waals surface area (Å²) in [7, 11) is 0.